The second-order valence-electron chi connectivity index (χ2n) is 7.07. The zero-order valence-corrected chi connectivity index (χ0v) is 14.9. The number of piperidine rings is 1. The van der Waals surface area contributed by atoms with E-state index in [9.17, 15) is 5.11 Å². The fourth-order valence-corrected chi connectivity index (χ4v) is 3.78. The molecule has 2 atom stereocenters. The van der Waals surface area contributed by atoms with Crippen molar-refractivity contribution in [1.82, 2.24) is 9.80 Å². The Balaban J connectivity index is 1.79. The molecule has 130 valence electrons. The number of nitriles is 1. The molecule has 1 saturated heterocycles. The van der Waals surface area contributed by atoms with Gasteiger partial charge in [0.1, 0.15) is 5.60 Å². The third-order valence-electron chi connectivity index (χ3n) is 5.15. The highest BCUT2D eigenvalue weighted by atomic mass is 16.3. The lowest BCUT2D eigenvalue weighted by molar-refractivity contribution is -0.0892. The molecular formula is C21H25N3O. The van der Waals surface area contributed by atoms with Crippen LogP contribution in [0.5, 0.6) is 0 Å². The molecule has 2 aromatic rings. The highest BCUT2D eigenvalue weighted by Crippen LogP contribution is 2.35. The van der Waals surface area contributed by atoms with Gasteiger partial charge in [-0.15, -0.1) is 0 Å². The van der Waals surface area contributed by atoms with E-state index in [0.29, 0.717) is 12.0 Å². The van der Waals surface area contributed by atoms with Crippen LogP contribution < -0.4 is 0 Å². The summed E-state index contributed by atoms with van der Waals surface area (Å²) >= 11 is 0. The van der Waals surface area contributed by atoms with Gasteiger partial charge in [0, 0.05) is 19.6 Å². The number of benzene rings is 2. The summed E-state index contributed by atoms with van der Waals surface area (Å²) in [4.78, 5) is 4.48. The van der Waals surface area contributed by atoms with Crippen LogP contribution in [0.25, 0.3) is 0 Å². The summed E-state index contributed by atoms with van der Waals surface area (Å²) in [5, 5.41) is 20.5. The average molecular weight is 335 g/mol. The Kier molecular flexibility index (Phi) is 5.19. The summed E-state index contributed by atoms with van der Waals surface area (Å²) in [7, 11) is 4.05. The van der Waals surface area contributed by atoms with Crippen molar-refractivity contribution < 1.29 is 5.11 Å². The number of likely N-dealkylation sites (N-methyl/N-ethyl adjacent to an activating group) is 1. The maximum atomic E-state index is 11.4. The molecule has 25 heavy (non-hydrogen) atoms. The summed E-state index contributed by atoms with van der Waals surface area (Å²) in [6.07, 6.45) is 0.692. The van der Waals surface area contributed by atoms with Crippen LogP contribution >= 0.6 is 0 Å². The number of hydrogen-bond donors (Lipinski definition) is 1. The third-order valence-corrected chi connectivity index (χ3v) is 5.15. The molecule has 1 heterocycles. The molecule has 0 unspecified atom stereocenters. The lowest BCUT2D eigenvalue weighted by Crippen LogP contribution is -2.58. The van der Waals surface area contributed by atoms with Crippen molar-refractivity contribution >= 4 is 0 Å². The monoisotopic (exact) mass is 335 g/mol. The molecule has 4 nitrogen and oxygen atoms in total. The van der Waals surface area contributed by atoms with Gasteiger partial charge in [-0.2, -0.15) is 5.26 Å². The molecule has 4 heteroatoms. The van der Waals surface area contributed by atoms with Crippen LogP contribution in [0.1, 0.15) is 23.1 Å². The van der Waals surface area contributed by atoms with Gasteiger partial charge in [0.15, 0.2) is 0 Å². The quantitative estimate of drug-likeness (QED) is 0.933. The molecule has 0 aliphatic carbocycles. The normalized spacial score (nSPS) is 24.2. The number of hydrogen-bond acceptors (Lipinski definition) is 4. The summed E-state index contributed by atoms with van der Waals surface area (Å²) in [5.41, 5.74) is 1.98. The van der Waals surface area contributed by atoms with Crippen LogP contribution in [-0.4, -0.2) is 48.1 Å². The van der Waals surface area contributed by atoms with E-state index in [1.807, 2.05) is 62.6 Å². The maximum Gasteiger partial charge on any atom is 0.107 e. The summed E-state index contributed by atoms with van der Waals surface area (Å²) in [5.74, 6) is 0. The lowest BCUT2D eigenvalue weighted by atomic mass is 9.79. The van der Waals surface area contributed by atoms with E-state index in [2.05, 4.69) is 21.9 Å². The van der Waals surface area contributed by atoms with Crippen molar-refractivity contribution in [2.75, 3.05) is 27.2 Å². The first-order valence-corrected chi connectivity index (χ1v) is 8.68. The molecule has 3 rings (SSSR count). The first-order valence-electron chi connectivity index (χ1n) is 8.68. The van der Waals surface area contributed by atoms with E-state index < -0.39 is 5.60 Å². The van der Waals surface area contributed by atoms with Crippen LogP contribution in [0.15, 0.2) is 54.6 Å². The van der Waals surface area contributed by atoms with Crippen molar-refractivity contribution in [1.29, 1.82) is 5.26 Å². The van der Waals surface area contributed by atoms with Gasteiger partial charge in [-0.3, -0.25) is 4.90 Å². The topological polar surface area (TPSA) is 50.5 Å². The standard InChI is InChI=1S/C21H25N3O/c1-23(2)20-16-24(15-18-8-6-7-17(13-18)14-22)12-11-21(20,25)19-9-4-3-5-10-19/h3-10,13,20,25H,11-12,15-16H2,1-2H3/t20-,21+/m1/s1. The van der Waals surface area contributed by atoms with Crippen LogP contribution in [-0.2, 0) is 12.1 Å². The minimum absolute atomic E-state index is 0.0165. The smallest absolute Gasteiger partial charge is 0.107 e. The fourth-order valence-electron chi connectivity index (χ4n) is 3.78. The molecule has 0 saturated carbocycles. The Labute approximate surface area is 149 Å². The second kappa shape index (κ2) is 7.37. The molecule has 2 aromatic carbocycles. The zero-order valence-electron chi connectivity index (χ0n) is 14.9. The predicted molar refractivity (Wildman–Crippen MR) is 98.9 cm³/mol. The van der Waals surface area contributed by atoms with Gasteiger partial charge in [0.2, 0.25) is 0 Å². The molecule has 1 aliphatic rings. The first kappa shape index (κ1) is 17.6. The van der Waals surface area contributed by atoms with Crippen LogP contribution in [0.3, 0.4) is 0 Å². The highest BCUT2D eigenvalue weighted by molar-refractivity contribution is 5.33. The zero-order chi connectivity index (χ0) is 17.9. The molecule has 1 fully saturated rings. The molecule has 0 aromatic heterocycles. The molecule has 1 N–H and O–H groups in total. The van der Waals surface area contributed by atoms with Gasteiger partial charge in [-0.25, -0.2) is 0 Å². The van der Waals surface area contributed by atoms with Gasteiger partial charge < -0.3 is 10.0 Å². The van der Waals surface area contributed by atoms with Crippen molar-refractivity contribution in [2.45, 2.75) is 24.6 Å². The van der Waals surface area contributed by atoms with E-state index in [1.165, 1.54) is 0 Å². The highest BCUT2D eigenvalue weighted by Gasteiger charge is 2.43. The van der Waals surface area contributed by atoms with Crippen molar-refractivity contribution in [3.63, 3.8) is 0 Å². The number of aliphatic hydroxyl groups is 1. The first-order chi connectivity index (χ1) is 12.0. The summed E-state index contributed by atoms with van der Waals surface area (Å²) < 4.78 is 0. The molecular weight excluding hydrogens is 310 g/mol. The van der Waals surface area contributed by atoms with E-state index in [4.69, 9.17) is 5.26 Å². The fraction of sp³-hybridized carbons (Fsp3) is 0.381. The molecule has 0 spiro atoms. The van der Waals surface area contributed by atoms with Crippen LogP contribution in [0.4, 0.5) is 0 Å². The van der Waals surface area contributed by atoms with Gasteiger partial charge >= 0.3 is 0 Å². The Hall–Kier alpha value is -2.19. The van der Waals surface area contributed by atoms with Gasteiger partial charge in [0.05, 0.1) is 17.7 Å². The molecule has 0 amide bonds. The Morgan fingerprint density at radius 3 is 2.64 bits per heavy atom. The van der Waals surface area contributed by atoms with E-state index in [-0.39, 0.29) is 6.04 Å². The predicted octanol–water partition coefficient (Wildman–Crippen LogP) is 2.58. The third kappa shape index (κ3) is 3.74. The number of likely N-dealkylation sites (tertiary alicyclic amines) is 1. The Bertz CT molecular complexity index is 753. The van der Waals surface area contributed by atoms with E-state index >= 15 is 0 Å². The van der Waals surface area contributed by atoms with Crippen molar-refractivity contribution in [2.24, 2.45) is 0 Å². The Morgan fingerprint density at radius 1 is 1.20 bits per heavy atom. The number of nitrogens with zero attached hydrogens (tertiary/aromatic N) is 3. The lowest BCUT2D eigenvalue weighted by Gasteiger charge is -2.47. The largest absolute Gasteiger partial charge is 0.383 e. The summed E-state index contributed by atoms with van der Waals surface area (Å²) in [6, 6.07) is 20.0. The van der Waals surface area contributed by atoms with E-state index in [0.717, 1.165) is 30.8 Å². The average Bonchev–Trinajstić information content (AvgIpc) is 2.64. The minimum Gasteiger partial charge on any atom is -0.383 e. The SMILES string of the molecule is CN(C)[C@@H]1CN(Cc2cccc(C#N)c2)CC[C@]1(O)c1ccccc1. The van der Waals surface area contributed by atoms with Crippen molar-refractivity contribution in [3.8, 4) is 6.07 Å². The maximum absolute atomic E-state index is 11.4. The van der Waals surface area contributed by atoms with Gasteiger partial charge in [-0.1, -0.05) is 42.5 Å². The summed E-state index contributed by atoms with van der Waals surface area (Å²) in [6.45, 7) is 2.41. The van der Waals surface area contributed by atoms with Crippen molar-refractivity contribution in [3.05, 3.63) is 71.3 Å². The molecule has 1 aliphatic heterocycles. The van der Waals surface area contributed by atoms with Gasteiger partial charge in [-0.05, 0) is 43.8 Å². The van der Waals surface area contributed by atoms with E-state index in [1.54, 1.807) is 0 Å². The Morgan fingerprint density at radius 2 is 1.96 bits per heavy atom. The number of rotatable bonds is 4. The van der Waals surface area contributed by atoms with Crippen LogP contribution in [0.2, 0.25) is 0 Å². The van der Waals surface area contributed by atoms with Gasteiger partial charge in [0.25, 0.3) is 0 Å². The second-order valence-corrected chi connectivity index (χ2v) is 7.07. The molecule has 0 bridgehead atoms. The van der Waals surface area contributed by atoms with Crippen LogP contribution in [0, 0.1) is 11.3 Å². The molecule has 0 radical (unpaired) electrons. The minimum atomic E-state index is -0.838.